The average molecular weight is 289 g/mol. The van der Waals surface area contributed by atoms with Crippen LogP contribution in [-0.2, 0) is 0 Å². The summed E-state index contributed by atoms with van der Waals surface area (Å²) >= 11 is 0. The molecule has 0 fully saturated rings. The lowest BCUT2D eigenvalue weighted by molar-refractivity contribution is 0.439. The van der Waals surface area contributed by atoms with Gasteiger partial charge in [-0.15, -0.1) is 0 Å². The van der Waals surface area contributed by atoms with Crippen LogP contribution < -0.4 is 11.2 Å². The van der Waals surface area contributed by atoms with Crippen LogP contribution in [-0.4, -0.2) is 10.1 Å². The standard InChI is InChI=1S/C14H9F2N3O2/c15-8-3-7(4-9(16)5-8)12-13(19-21-14(12)17)10-6-18-2-1-11(10)20/h1-6H,17H2,(H,18,20). The van der Waals surface area contributed by atoms with Gasteiger partial charge >= 0.3 is 0 Å². The summed E-state index contributed by atoms with van der Waals surface area (Å²) in [5, 5.41) is 3.72. The molecule has 2 heterocycles. The Bertz CT molecular complexity index is 850. The fourth-order valence-corrected chi connectivity index (χ4v) is 2.07. The molecule has 0 saturated carbocycles. The van der Waals surface area contributed by atoms with Crippen LogP contribution in [0.5, 0.6) is 0 Å². The van der Waals surface area contributed by atoms with Crippen molar-refractivity contribution in [1.82, 2.24) is 10.1 Å². The maximum Gasteiger partial charge on any atom is 0.230 e. The molecule has 0 radical (unpaired) electrons. The van der Waals surface area contributed by atoms with Crippen molar-refractivity contribution in [2.45, 2.75) is 0 Å². The highest BCUT2D eigenvalue weighted by Gasteiger charge is 2.20. The molecule has 2 aromatic heterocycles. The number of halogens is 2. The molecule has 0 aliphatic rings. The molecule has 0 amide bonds. The van der Waals surface area contributed by atoms with Crippen LogP contribution in [0.25, 0.3) is 22.4 Å². The molecule has 5 nitrogen and oxygen atoms in total. The Morgan fingerprint density at radius 2 is 1.90 bits per heavy atom. The number of hydrogen-bond donors (Lipinski definition) is 2. The number of nitrogens with one attached hydrogen (secondary N) is 1. The molecule has 0 aliphatic carbocycles. The molecule has 0 unspecified atom stereocenters. The number of aromatic amines is 1. The Hall–Kier alpha value is -2.96. The van der Waals surface area contributed by atoms with Gasteiger partial charge in [0.2, 0.25) is 5.88 Å². The molecule has 0 spiro atoms. The summed E-state index contributed by atoms with van der Waals surface area (Å²) in [5.41, 5.74) is 5.99. The Kier molecular flexibility index (Phi) is 3.02. The second-order valence-electron chi connectivity index (χ2n) is 4.35. The Morgan fingerprint density at radius 3 is 2.57 bits per heavy atom. The van der Waals surface area contributed by atoms with Gasteiger partial charge in [0.1, 0.15) is 17.3 Å². The van der Waals surface area contributed by atoms with Crippen molar-refractivity contribution in [1.29, 1.82) is 0 Å². The summed E-state index contributed by atoms with van der Waals surface area (Å²) in [5.74, 6) is -1.66. The van der Waals surface area contributed by atoms with E-state index in [9.17, 15) is 13.6 Å². The van der Waals surface area contributed by atoms with Gasteiger partial charge in [-0.3, -0.25) is 4.79 Å². The molecule has 0 aliphatic heterocycles. The van der Waals surface area contributed by atoms with Gasteiger partial charge in [0.05, 0.1) is 11.1 Å². The van der Waals surface area contributed by atoms with Crippen molar-refractivity contribution in [2.75, 3.05) is 5.73 Å². The summed E-state index contributed by atoms with van der Waals surface area (Å²) in [4.78, 5) is 14.6. The highest BCUT2D eigenvalue weighted by Crippen LogP contribution is 2.35. The fourth-order valence-electron chi connectivity index (χ4n) is 2.07. The van der Waals surface area contributed by atoms with Crippen LogP contribution in [0.4, 0.5) is 14.7 Å². The fraction of sp³-hybridized carbons (Fsp3) is 0. The molecular weight excluding hydrogens is 280 g/mol. The van der Waals surface area contributed by atoms with E-state index >= 15 is 0 Å². The molecule has 1 aromatic carbocycles. The van der Waals surface area contributed by atoms with E-state index in [0.29, 0.717) is 0 Å². The van der Waals surface area contributed by atoms with Crippen molar-refractivity contribution in [3.05, 3.63) is 58.5 Å². The van der Waals surface area contributed by atoms with Gasteiger partial charge in [-0.1, -0.05) is 5.16 Å². The molecule has 106 valence electrons. The van der Waals surface area contributed by atoms with Crippen LogP contribution in [0.3, 0.4) is 0 Å². The monoisotopic (exact) mass is 289 g/mol. The van der Waals surface area contributed by atoms with Crippen molar-refractivity contribution >= 4 is 5.88 Å². The van der Waals surface area contributed by atoms with Gasteiger partial charge in [-0.2, -0.15) is 0 Å². The van der Waals surface area contributed by atoms with E-state index in [-0.39, 0.29) is 33.7 Å². The first-order valence-corrected chi connectivity index (χ1v) is 5.95. The van der Waals surface area contributed by atoms with E-state index < -0.39 is 11.6 Å². The number of pyridine rings is 1. The number of rotatable bonds is 2. The van der Waals surface area contributed by atoms with E-state index in [1.54, 1.807) is 0 Å². The number of nitrogens with two attached hydrogens (primary N) is 1. The van der Waals surface area contributed by atoms with E-state index in [1.807, 2.05) is 0 Å². The molecular formula is C14H9F2N3O2. The molecule has 0 atom stereocenters. The van der Waals surface area contributed by atoms with Gasteiger partial charge in [-0.25, -0.2) is 8.78 Å². The van der Waals surface area contributed by atoms with Gasteiger partial charge < -0.3 is 15.2 Å². The number of anilines is 1. The molecule has 3 aromatic rings. The first kappa shape index (κ1) is 13.0. The minimum absolute atomic E-state index is 0.124. The number of benzene rings is 1. The zero-order chi connectivity index (χ0) is 15.0. The highest BCUT2D eigenvalue weighted by atomic mass is 19.1. The third-order valence-electron chi connectivity index (χ3n) is 2.95. The minimum atomic E-state index is -0.765. The van der Waals surface area contributed by atoms with Crippen molar-refractivity contribution in [2.24, 2.45) is 0 Å². The summed E-state index contributed by atoms with van der Waals surface area (Å²) in [6.45, 7) is 0. The maximum absolute atomic E-state index is 13.4. The van der Waals surface area contributed by atoms with Crippen LogP contribution in [0, 0.1) is 11.6 Å². The van der Waals surface area contributed by atoms with Crippen LogP contribution in [0.2, 0.25) is 0 Å². The SMILES string of the molecule is Nc1onc(-c2c[nH]ccc2=O)c1-c1cc(F)cc(F)c1. The van der Waals surface area contributed by atoms with E-state index in [4.69, 9.17) is 10.3 Å². The zero-order valence-electron chi connectivity index (χ0n) is 10.6. The first-order chi connectivity index (χ1) is 10.1. The second-order valence-corrected chi connectivity index (χ2v) is 4.35. The predicted molar refractivity (Wildman–Crippen MR) is 72.3 cm³/mol. The van der Waals surface area contributed by atoms with Crippen molar-refractivity contribution < 1.29 is 13.3 Å². The molecule has 21 heavy (non-hydrogen) atoms. The number of nitrogen functional groups attached to an aromatic ring is 1. The Labute approximate surface area is 117 Å². The lowest BCUT2D eigenvalue weighted by Crippen LogP contribution is -2.03. The van der Waals surface area contributed by atoms with Crippen molar-refractivity contribution in [3.8, 4) is 22.4 Å². The maximum atomic E-state index is 13.4. The van der Waals surface area contributed by atoms with Gasteiger partial charge in [0.25, 0.3) is 0 Å². The summed E-state index contributed by atoms with van der Waals surface area (Å²) < 4.78 is 31.6. The topological polar surface area (TPSA) is 84.9 Å². The van der Waals surface area contributed by atoms with Gasteiger partial charge in [0.15, 0.2) is 5.43 Å². The van der Waals surface area contributed by atoms with E-state index in [2.05, 4.69) is 10.1 Å². The normalized spacial score (nSPS) is 10.8. The Balaban J connectivity index is 2.27. The van der Waals surface area contributed by atoms with Crippen LogP contribution in [0.15, 0.2) is 46.0 Å². The highest BCUT2D eigenvalue weighted by molar-refractivity contribution is 5.86. The van der Waals surface area contributed by atoms with Crippen LogP contribution in [0.1, 0.15) is 0 Å². The molecule has 0 saturated heterocycles. The van der Waals surface area contributed by atoms with Crippen LogP contribution >= 0.6 is 0 Å². The van der Waals surface area contributed by atoms with Gasteiger partial charge in [0, 0.05) is 24.5 Å². The second kappa shape index (κ2) is 4.86. The third-order valence-corrected chi connectivity index (χ3v) is 2.95. The third kappa shape index (κ3) is 2.29. The quantitative estimate of drug-likeness (QED) is 0.759. The summed E-state index contributed by atoms with van der Waals surface area (Å²) in [6.07, 6.45) is 2.87. The lowest BCUT2D eigenvalue weighted by Gasteiger charge is -2.03. The minimum Gasteiger partial charge on any atom is -0.367 e. The molecule has 7 heteroatoms. The largest absolute Gasteiger partial charge is 0.367 e. The van der Waals surface area contributed by atoms with E-state index in [0.717, 1.165) is 18.2 Å². The zero-order valence-corrected chi connectivity index (χ0v) is 10.6. The number of H-pyrrole nitrogens is 1. The Morgan fingerprint density at radius 1 is 1.19 bits per heavy atom. The number of hydrogen-bond acceptors (Lipinski definition) is 4. The summed E-state index contributed by atoms with van der Waals surface area (Å²) in [7, 11) is 0. The number of nitrogens with zero attached hydrogens (tertiary/aromatic N) is 1. The van der Waals surface area contributed by atoms with Crippen molar-refractivity contribution in [3.63, 3.8) is 0 Å². The summed E-state index contributed by atoms with van der Waals surface area (Å²) in [6, 6.07) is 4.22. The first-order valence-electron chi connectivity index (χ1n) is 5.95. The smallest absolute Gasteiger partial charge is 0.230 e. The molecule has 3 rings (SSSR count). The predicted octanol–water partition coefficient (Wildman–Crippen LogP) is 2.56. The van der Waals surface area contributed by atoms with Gasteiger partial charge in [-0.05, 0) is 17.7 Å². The number of aromatic nitrogens is 2. The average Bonchev–Trinajstić information content (AvgIpc) is 2.80. The molecule has 3 N–H and O–H groups in total. The molecule has 0 bridgehead atoms. The van der Waals surface area contributed by atoms with E-state index in [1.165, 1.54) is 18.5 Å². The lowest BCUT2D eigenvalue weighted by atomic mass is 10.0.